The minimum absolute atomic E-state index is 0.00593. The second-order valence-electron chi connectivity index (χ2n) is 3.64. The molecule has 0 aromatic carbocycles. The van der Waals surface area contributed by atoms with Crippen LogP contribution < -0.4 is 0 Å². The smallest absolute Gasteiger partial charge is 0.371 e. The van der Waals surface area contributed by atoms with Gasteiger partial charge in [-0.3, -0.25) is 4.79 Å². The van der Waals surface area contributed by atoms with Crippen LogP contribution in [-0.4, -0.2) is 22.0 Å². The summed E-state index contributed by atoms with van der Waals surface area (Å²) in [6, 6.07) is 0. The monoisotopic (exact) mass is 182 g/mol. The van der Waals surface area contributed by atoms with Crippen molar-refractivity contribution in [2.75, 3.05) is 0 Å². The van der Waals surface area contributed by atoms with Gasteiger partial charge in [0.1, 0.15) is 0 Å². The van der Waals surface area contributed by atoms with Crippen molar-refractivity contribution in [3.63, 3.8) is 0 Å². The van der Waals surface area contributed by atoms with Crippen molar-refractivity contribution in [3.8, 4) is 0 Å². The lowest BCUT2D eigenvalue weighted by Gasteiger charge is -2.12. The van der Waals surface area contributed by atoms with Crippen LogP contribution in [0.25, 0.3) is 0 Å². The van der Waals surface area contributed by atoms with E-state index >= 15 is 0 Å². The highest BCUT2D eigenvalue weighted by Gasteiger charge is 2.45. The van der Waals surface area contributed by atoms with E-state index < -0.39 is 11.7 Å². The van der Waals surface area contributed by atoms with Crippen LogP contribution in [0.2, 0.25) is 0 Å². The third kappa shape index (κ3) is 1.05. The Morgan fingerprint density at radius 3 is 2.31 bits per heavy atom. The number of allylic oxidation sites excluding steroid dienone is 1. The van der Waals surface area contributed by atoms with Crippen molar-refractivity contribution >= 4 is 11.8 Å². The van der Waals surface area contributed by atoms with E-state index in [4.69, 9.17) is 5.11 Å². The zero-order valence-corrected chi connectivity index (χ0v) is 6.99. The zero-order chi connectivity index (χ0) is 9.59. The van der Waals surface area contributed by atoms with Gasteiger partial charge in [0.25, 0.3) is 0 Å². The molecule has 0 aromatic rings. The molecular weight excluding hydrogens is 172 g/mol. The molecule has 2 bridgehead atoms. The standard InChI is InChI=1S/C9H10O4/c10-7-5-2-1-4(3-5)6(7)8(11)9(12)13/h4-5,11H,1-3H2,(H,12,13)/b8-6-. The molecular formula is C9H10O4. The van der Waals surface area contributed by atoms with Crippen LogP contribution >= 0.6 is 0 Å². The minimum atomic E-state index is -1.39. The van der Waals surface area contributed by atoms with Crippen LogP contribution in [0.4, 0.5) is 0 Å². The summed E-state index contributed by atoms with van der Waals surface area (Å²) in [4.78, 5) is 21.9. The molecule has 4 nitrogen and oxygen atoms in total. The van der Waals surface area contributed by atoms with E-state index in [0.717, 1.165) is 19.3 Å². The fourth-order valence-electron chi connectivity index (χ4n) is 2.33. The SMILES string of the molecule is O=C(O)/C(O)=C1/C(=O)C2CCC1C2. The van der Waals surface area contributed by atoms with Crippen molar-refractivity contribution in [3.05, 3.63) is 11.3 Å². The van der Waals surface area contributed by atoms with E-state index in [2.05, 4.69) is 0 Å². The molecule has 2 unspecified atom stereocenters. The number of ketones is 1. The molecule has 0 spiro atoms. The Bertz CT molecular complexity index is 316. The molecule has 0 radical (unpaired) electrons. The molecule has 0 saturated heterocycles. The van der Waals surface area contributed by atoms with Gasteiger partial charge < -0.3 is 10.2 Å². The largest absolute Gasteiger partial charge is 0.502 e. The molecule has 2 aliphatic carbocycles. The molecule has 2 fully saturated rings. The molecule has 2 N–H and O–H groups in total. The number of aliphatic hydroxyl groups excluding tert-OH is 1. The van der Waals surface area contributed by atoms with Gasteiger partial charge in [-0.1, -0.05) is 0 Å². The number of carboxylic acid groups (broad SMARTS) is 1. The molecule has 4 heteroatoms. The highest BCUT2D eigenvalue weighted by Crippen LogP contribution is 2.46. The first-order chi connectivity index (χ1) is 6.11. The summed E-state index contributed by atoms with van der Waals surface area (Å²) >= 11 is 0. The van der Waals surface area contributed by atoms with Gasteiger partial charge in [-0.2, -0.15) is 0 Å². The minimum Gasteiger partial charge on any atom is -0.502 e. The summed E-state index contributed by atoms with van der Waals surface area (Å²) < 4.78 is 0. The summed E-state index contributed by atoms with van der Waals surface area (Å²) in [7, 11) is 0. The van der Waals surface area contributed by atoms with Crippen LogP contribution in [0.15, 0.2) is 11.3 Å². The Balaban J connectivity index is 2.40. The van der Waals surface area contributed by atoms with E-state index in [0.29, 0.717) is 0 Å². The maximum atomic E-state index is 11.4. The van der Waals surface area contributed by atoms with E-state index in [1.165, 1.54) is 0 Å². The van der Waals surface area contributed by atoms with Crippen LogP contribution in [-0.2, 0) is 9.59 Å². The first-order valence-corrected chi connectivity index (χ1v) is 4.32. The first kappa shape index (κ1) is 8.29. The highest BCUT2D eigenvalue weighted by atomic mass is 16.4. The molecule has 2 rings (SSSR count). The van der Waals surface area contributed by atoms with Gasteiger partial charge in [-0.05, 0) is 25.2 Å². The van der Waals surface area contributed by atoms with Crippen LogP contribution in [0.3, 0.4) is 0 Å². The van der Waals surface area contributed by atoms with Crippen molar-refractivity contribution in [2.45, 2.75) is 19.3 Å². The average Bonchev–Trinajstić information content (AvgIpc) is 2.62. The van der Waals surface area contributed by atoms with Gasteiger partial charge in [0.05, 0.1) is 0 Å². The second kappa shape index (κ2) is 2.58. The van der Waals surface area contributed by atoms with Gasteiger partial charge in [-0.15, -0.1) is 0 Å². The number of rotatable bonds is 1. The number of aliphatic hydroxyl groups is 1. The topological polar surface area (TPSA) is 74.6 Å². The second-order valence-corrected chi connectivity index (χ2v) is 3.64. The quantitative estimate of drug-likeness (QED) is 0.466. The van der Waals surface area contributed by atoms with Gasteiger partial charge in [-0.25, -0.2) is 4.79 Å². The molecule has 0 aromatic heterocycles. The molecule has 2 atom stereocenters. The maximum Gasteiger partial charge on any atom is 0.371 e. The Labute approximate surface area is 74.9 Å². The predicted molar refractivity (Wildman–Crippen MR) is 43.1 cm³/mol. The van der Waals surface area contributed by atoms with E-state index in [1.807, 2.05) is 0 Å². The Hall–Kier alpha value is -1.32. The normalized spacial score (nSPS) is 35.2. The Morgan fingerprint density at radius 1 is 1.23 bits per heavy atom. The summed E-state index contributed by atoms with van der Waals surface area (Å²) in [6.45, 7) is 0. The summed E-state index contributed by atoms with van der Waals surface area (Å²) in [6.07, 6.45) is 2.41. The number of carboxylic acids is 1. The van der Waals surface area contributed by atoms with Gasteiger partial charge in [0, 0.05) is 11.5 Å². The van der Waals surface area contributed by atoms with Crippen LogP contribution in [0.5, 0.6) is 0 Å². The van der Waals surface area contributed by atoms with Gasteiger partial charge in [0.2, 0.25) is 5.76 Å². The number of carbonyl (C=O) groups is 2. The fourth-order valence-corrected chi connectivity index (χ4v) is 2.33. The van der Waals surface area contributed by atoms with Gasteiger partial charge in [0.15, 0.2) is 5.78 Å². The van der Waals surface area contributed by atoms with E-state index in [1.54, 1.807) is 0 Å². The van der Waals surface area contributed by atoms with E-state index in [-0.39, 0.29) is 23.2 Å². The zero-order valence-electron chi connectivity index (χ0n) is 6.99. The lowest BCUT2D eigenvalue weighted by Crippen LogP contribution is -2.17. The van der Waals surface area contributed by atoms with Gasteiger partial charge >= 0.3 is 5.97 Å². The lowest BCUT2D eigenvalue weighted by molar-refractivity contribution is -0.136. The summed E-state index contributed by atoms with van der Waals surface area (Å²) in [5.41, 5.74) is 0.156. The van der Waals surface area contributed by atoms with E-state index in [9.17, 15) is 14.7 Å². The molecule has 0 amide bonds. The fraction of sp³-hybridized carbons (Fsp3) is 0.556. The lowest BCUT2D eigenvalue weighted by atomic mass is 9.92. The van der Waals surface area contributed by atoms with Crippen molar-refractivity contribution in [1.82, 2.24) is 0 Å². The predicted octanol–water partition coefficient (Wildman–Crippen LogP) is 0.882. The summed E-state index contributed by atoms with van der Waals surface area (Å²) in [5.74, 6) is -2.32. The summed E-state index contributed by atoms with van der Waals surface area (Å²) in [5, 5.41) is 17.7. The molecule has 2 aliphatic rings. The first-order valence-electron chi connectivity index (χ1n) is 4.32. The molecule has 13 heavy (non-hydrogen) atoms. The third-order valence-corrected chi connectivity index (χ3v) is 2.93. The van der Waals surface area contributed by atoms with Crippen molar-refractivity contribution in [1.29, 1.82) is 0 Å². The molecule has 0 aliphatic heterocycles. The number of Topliss-reactive ketones (excluding diaryl/α,β-unsaturated/α-hetero) is 1. The number of hydrogen-bond acceptors (Lipinski definition) is 3. The number of carbonyl (C=O) groups excluding carboxylic acids is 1. The van der Waals surface area contributed by atoms with Crippen molar-refractivity contribution in [2.24, 2.45) is 11.8 Å². The molecule has 70 valence electrons. The number of hydrogen-bond donors (Lipinski definition) is 2. The average molecular weight is 182 g/mol. The third-order valence-electron chi connectivity index (χ3n) is 2.93. The molecule has 2 saturated carbocycles. The molecule has 0 heterocycles. The maximum absolute atomic E-state index is 11.4. The van der Waals surface area contributed by atoms with Crippen LogP contribution in [0, 0.1) is 11.8 Å². The van der Waals surface area contributed by atoms with Crippen molar-refractivity contribution < 1.29 is 19.8 Å². The highest BCUT2D eigenvalue weighted by molar-refractivity contribution is 6.06. The van der Waals surface area contributed by atoms with Crippen LogP contribution in [0.1, 0.15) is 19.3 Å². The Morgan fingerprint density at radius 2 is 1.85 bits per heavy atom. The number of aliphatic carboxylic acids is 1. The Kier molecular flexibility index (Phi) is 1.65. The number of fused-ring (bicyclic) bond motifs is 2.